The molecule has 1 heterocycles. The maximum absolute atomic E-state index is 10.1. The van der Waals surface area contributed by atoms with Gasteiger partial charge in [-0.1, -0.05) is 13.8 Å². The Kier molecular flexibility index (Phi) is 4.01. The molecule has 0 radical (unpaired) electrons. The van der Waals surface area contributed by atoms with Crippen molar-refractivity contribution in [1.29, 1.82) is 0 Å². The van der Waals surface area contributed by atoms with Gasteiger partial charge in [0.25, 0.3) is 0 Å². The first-order chi connectivity index (χ1) is 8.03. The van der Waals surface area contributed by atoms with Gasteiger partial charge in [-0.2, -0.15) is 0 Å². The highest BCUT2D eigenvalue weighted by molar-refractivity contribution is 5.33. The predicted octanol–water partition coefficient (Wildman–Crippen LogP) is 2.87. The molecule has 0 saturated carbocycles. The van der Waals surface area contributed by atoms with Crippen LogP contribution in [0.2, 0.25) is 0 Å². The molecule has 0 bridgehead atoms. The average Bonchev–Trinajstić information content (AvgIpc) is 2.13. The molecule has 0 aliphatic heterocycles. The van der Waals surface area contributed by atoms with E-state index in [1.54, 1.807) is 13.8 Å². The van der Waals surface area contributed by atoms with Crippen molar-refractivity contribution < 1.29 is 5.11 Å². The fourth-order valence-electron chi connectivity index (χ4n) is 1.38. The average molecular weight is 251 g/mol. The number of hydrogen-bond acceptors (Lipinski definition) is 4. The molecule has 1 aromatic rings. The van der Waals surface area contributed by atoms with Crippen LogP contribution >= 0.6 is 0 Å². The number of aryl methyl sites for hydroxylation is 1. The molecule has 1 aromatic heterocycles. The molecule has 4 nitrogen and oxygen atoms in total. The summed E-state index contributed by atoms with van der Waals surface area (Å²) in [6.45, 7) is 13.6. The van der Waals surface area contributed by atoms with E-state index in [-0.39, 0.29) is 0 Å². The van der Waals surface area contributed by atoms with Gasteiger partial charge in [-0.3, -0.25) is 0 Å². The zero-order valence-electron chi connectivity index (χ0n) is 12.5. The van der Waals surface area contributed by atoms with Gasteiger partial charge in [-0.25, -0.2) is 9.97 Å². The Morgan fingerprint density at radius 1 is 1.17 bits per heavy atom. The summed E-state index contributed by atoms with van der Waals surface area (Å²) in [5.74, 6) is 0.934. The number of aliphatic hydroxyl groups is 1. The number of anilines is 1. The number of nitrogens with zero attached hydrogens (tertiary/aromatic N) is 2. The SMILES string of the molecule is Cc1cc(C(C)C)nc(NC(C)(C)C(C)(C)O)n1. The first-order valence-electron chi connectivity index (χ1n) is 6.39. The van der Waals surface area contributed by atoms with Crippen molar-refractivity contribution in [2.75, 3.05) is 5.32 Å². The third kappa shape index (κ3) is 3.42. The van der Waals surface area contributed by atoms with Crippen molar-refractivity contribution in [3.63, 3.8) is 0 Å². The van der Waals surface area contributed by atoms with E-state index < -0.39 is 11.1 Å². The van der Waals surface area contributed by atoms with Crippen LogP contribution in [0, 0.1) is 6.92 Å². The normalized spacial score (nSPS) is 12.9. The Morgan fingerprint density at radius 2 is 1.72 bits per heavy atom. The Morgan fingerprint density at radius 3 is 2.17 bits per heavy atom. The fourth-order valence-corrected chi connectivity index (χ4v) is 1.38. The van der Waals surface area contributed by atoms with Crippen LogP contribution in [-0.4, -0.2) is 26.2 Å². The first-order valence-corrected chi connectivity index (χ1v) is 6.39. The third-order valence-corrected chi connectivity index (χ3v) is 3.42. The second-order valence-electron chi connectivity index (χ2n) is 6.22. The summed E-state index contributed by atoms with van der Waals surface area (Å²) in [5.41, 5.74) is 0.576. The van der Waals surface area contributed by atoms with E-state index in [1.807, 2.05) is 26.8 Å². The van der Waals surface area contributed by atoms with Crippen molar-refractivity contribution in [2.45, 2.75) is 65.5 Å². The van der Waals surface area contributed by atoms with E-state index in [0.717, 1.165) is 11.4 Å². The minimum Gasteiger partial charge on any atom is -0.388 e. The molecule has 0 saturated heterocycles. The van der Waals surface area contributed by atoms with Gasteiger partial charge in [-0.05, 0) is 46.6 Å². The van der Waals surface area contributed by atoms with Gasteiger partial charge >= 0.3 is 0 Å². The highest BCUT2D eigenvalue weighted by Crippen LogP contribution is 2.25. The van der Waals surface area contributed by atoms with E-state index in [9.17, 15) is 5.11 Å². The summed E-state index contributed by atoms with van der Waals surface area (Å²) < 4.78 is 0. The summed E-state index contributed by atoms with van der Waals surface area (Å²) in [7, 11) is 0. The highest BCUT2D eigenvalue weighted by atomic mass is 16.3. The lowest BCUT2D eigenvalue weighted by Crippen LogP contribution is -2.51. The second kappa shape index (κ2) is 4.84. The molecule has 1 rings (SSSR count). The number of rotatable bonds is 4. The van der Waals surface area contributed by atoms with E-state index in [4.69, 9.17) is 0 Å². The molecule has 0 amide bonds. The molecule has 0 spiro atoms. The quantitative estimate of drug-likeness (QED) is 0.864. The topological polar surface area (TPSA) is 58.0 Å². The second-order valence-corrected chi connectivity index (χ2v) is 6.22. The molecule has 0 aliphatic rings. The summed E-state index contributed by atoms with van der Waals surface area (Å²) in [6.07, 6.45) is 0. The molecule has 0 aliphatic carbocycles. The fraction of sp³-hybridized carbons (Fsp3) is 0.714. The zero-order chi connectivity index (χ0) is 14.1. The van der Waals surface area contributed by atoms with Crippen LogP contribution in [0.25, 0.3) is 0 Å². The Bertz CT molecular complexity index is 420. The van der Waals surface area contributed by atoms with Gasteiger partial charge in [0.15, 0.2) is 0 Å². The maximum Gasteiger partial charge on any atom is 0.223 e. The van der Waals surface area contributed by atoms with Gasteiger partial charge in [0.2, 0.25) is 5.95 Å². The van der Waals surface area contributed by atoms with Crippen LogP contribution < -0.4 is 5.32 Å². The van der Waals surface area contributed by atoms with Crippen molar-refractivity contribution in [3.05, 3.63) is 17.5 Å². The lowest BCUT2D eigenvalue weighted by atomic mass is 9.86. The van der Waals surface area contributed by atoms with Crippen molar-refractivity contribution >= 4 is 5.95 Å². The van der Waals surface area contributed by atoms with Crippen LogP contribution in [0.15, 0.2) is 6.07 Å². The Hall–Kier alpha value is -1.16. The van der Waals surface area contributed by atoms with Gasteiger partial charge in [0, 0.05) is 11.4 Å². The van der Waals surface area contributed by atoms with E-state index in [0.29, 0.717) is 11.9 Å². The summed E-state index contributed by atoms with van der Waals surface area (Å²) in [6, 6.07) is 1.99. The summed E-state index contributed by atoms with van der Waals surface area (Å²) >= 11 is 0. The van der Waals surface area contributed by atoms with Crippen LogP contribution in [0.3, 0.4) is 0 Å². The molecule has 2 N–H and O–H groups in total. The van der Waals surface area contributed by atoms with E-state index in [1.165, 1.54) is 0 Å². The van der Waals surface area contributed by atoms with Crippen molar-refractivity contribution in [1.82, 2.24) is 9.97 Å². The van der Waals surface area contributed by atoms with Crippen LogP contribution in [0.5, 0.6) is 0 Å². The molecule has 0 aromatic carbocycles. The summed E-state index contributed by atoms with van der Waals surface area (Å²) in [4.78, 5) is 8.88. The van der Waals surface area contributed by atoms with E-state index in [2.05, 4.69) is 29.1 Å². The van der Waals surface area contributed by atoms with Gasteiger partial charge in [0.05, 0.1) is 11.1 Å². The number of aromatic nitrogens is 2. The maximum atomic E-state index is 10.1. The molecular formula is C14H25N3O. The lowest BCUT2D eigenvalue weighted by molar-refractivity contribution is 0.0237. The molecule has 0 unspecified atom stereocenters. The molecule has 0 atom stereocenters. The molecular weight excluding hydrogens is 226 g/mol. The van der Waals surface area contributed by atoms with Gasteiger partial charge in [-0.15, -0.1) is 0 Å². The number of nitrogens with one attached hydrogen (secondary N) is 1. The predicted molar refractivity (Wildman–Crippen MR) is 74.9 cm³/mol. The Labute approximate surface area is 110 Å². The molecule has 18 heavy (non-hydrogen) atoms. The van der Waals surface area contributed by atoms with Gasteiger partial charge < -0.3 is 10.4 Å². The first kappa shape index (κ1) is 14.9. The smallest absolute Gasteiger partial charge is 0.223 e. The zero-order valence-corrected chi connectivity index (χ0v) is 12.5. The monoisotopic (exact) mass is 251 g/mol. The van der Waals surface area contributed by atoms with Crippen molar-refractivity contribution in [2.24, 2.45) is 0 Å². The van der Waals surface area contributed by atoms with Crippen LogP contribution in [0.1, 0.15) is 58.8 Å². The third-order valence-electron chi connectivity index (χ3n) is 3.42. The van der Waals surface area contributed by atoms with Gasteiger partial charge in [0.1, 0.15) is 0 Å². The number of hydrogen-bond donors (Lipinski definition) is 2. The van der Waals surface area contributed by atoms with Crippen molar-refractivity contribution in [3.8, 4) is 0 Å². The molecule has 0 fully saturated rings. The minimum atomic E-state index is -0.863. The standard InChI is InChI=1S/C14H25N3O/c1-9(2)11-8-10(3)15-12(16-11)17-13(4,5)14(6,7)18/h8-9,18H,1-7H3,(H,15,16,17). The molecule has 102 valence electrons. The Balaban J connectivity index is 3.05. The van der Waals surface area contributed by atoms with Crippen LogP contribution in [0.4, 0.5) is 5.95 Å². The summed E-state index contributed by atoms with van der Waals surface area (Å²) in [5, 5.41) is 13.4. The molecule has 4 heteroatoms. The minimum absolute atomic E-state index is 0.359. The highest BCUT2D eigenvalue weighted by Gasteiger charge is 2.35. The van der Waals surface area contributed by atoms with Crippen LogP contribution in [-0.2, 0) is 0 Å². The largest absolute Gasteiger partial charge is 0.388 e. The van der Waals surface area contributed by atoms with E-state index >= 15 is 0 Å². The lowest BCUT2D eigenvalue weighted by Gasteiger charge is -2.38.